The van der Waals surface area contributed by atoms with E-state index in [1.807, 2.05) is 18.2 Å². The minimum absolute atomic E-state index is 0.272. The van der Waals surface area contributed by atoms with Gasteiger partial charge in [-0.2, -0.15) is 0 Å². The molecule has 110 valence electrons. The number of esters is 1. The van der Waals surface area contributed by atoms with Crippen LogP contribution in [0.25, 0.3) is 0 Å². The van der Waals surface area contributed by atoms with Crippen LogP contribution in [-0.4, -0.2) is 23.8 Å². The Balaban J connectivity index is 2.15. The van der Waals surface area contributed by atoms with E-state index in [9.17, 15) is 9.90 Å². The second kappa shape index (κ2) is 5.96. The lowest BCUT2D eigenvalue weighted by atomic mass is 9.79. The highest BCUT2D eigenvalue weighted by molar-refractivity contribution is 5.79. The molecule has 3 heteroatoms. The van der Waals surface area contributed by atoms with E-state index in [0.717, 1.165) is 12.0 Å². The molecular weight excluding hydrogens is 252 g/mol. The van der Waals surface area contributed by atoms with E-state index >= 15 is 0 Å². The third-order valence-corrected chi connectivity index (χ3v) is 4.22. The van der Waals surface area contributed by atoms with Crippen molar-refractivity contribution < 1.29 is 14.6 Å². The molecule has 1 aliphatic heterocycles. The third kappa shape index (κ3) is 3.04. The van der Waals surface area contributed by atoms with Gasteiger partial charge >= 0.3 is 5.97 Å². The molecule has 0 spiro atoms. The molecule has 1 saturated heterocycles. The van der Waals surface area contributed by atoms with Gasteiger partial charge in [0.05, 0.1) is 18.1 Å². The van der Waals surface area contributed by atoms with Crippen LogP contribution < -0.4 is 0 Å². The van der Waals surface area contributed by atoms with Crippen molar-refractivity contribution in [2.45, 2.75) is 46.1 Å². The highest BCUT2D eigenvalue weighted by Crippen LogP contribution is 2.35. The van der Waals surface area contributed by atoms with Crippen LogP contribution in [0, 0.1) is 11.3 Å². The second-order valence-electron chi connectivity index (χ2n) is 6.39. The van der Waals surface area contributed by atoms with Crippen LogP contribution in [0.1, 0.15) is 38.3 Å². The van der Waals surface area contributed by atoms with Crippen LogP contribution in [0.3, 0.4) is 0 Å². The van der Waals surface area contributed by atoms with Crippen molar-refractivity contribution in [2.75, 3.05) is 6.61 Å². The topological polar surface area (TPSA) is 46.5 Å². The van der Waals surface area contributed by atoms with E-state index in [4.69, 9.17) is 4.74 Å². The summed E-state index contributed by atoms with van der Waals surface area (Å²) in [5.74, 6) is 0.298. The summed E-state index contributed by atoms with van der Waals surface area (Å²) in [6, 6.07) is 8.17. The van der Waals surface area contributed by atoms with E-state index in [-0.39, 0.29) is 5.97 Å². The fraction of sp³-hybridized carbons (Fsp3) is 0.588. The van der Waals surface area contributed by atoms with Crippen LogP contribution in [0.5, 0.6) is 0 Å². The molecular formula is C17H24O3. The minimum atomic E-state index is -0.759. The van der Waals surface area contributed by atoms with Gasteiger partial charge in [-0.15, -0.1) is 0 Å². The van der Waals surface area contributed by atoms with Crippen LogP contribution in [0.4, 0.5) is 0 Å². The van der Waals surface area contributed by atoms with Gasteiger partial charge in [-0.3, -0.25) is 4.79 Å². The summed E-state index contributed by atoms with van der Waals surface area (Å²) in [6.07, 6.45) is 1.41. The summed E-state index contributed by atoms with van der Waals surface area (Å²) in [5, 5.41) is 10.5. The lowest BCUT2D eigenvalue weighted by molar-refractivity contribution is -0.150. The average molecular weight is 276 g/mol. The smallest absolute Gasteiger partial charge is 0.314 e. The Kier molecular flexibility index (Phi) is 4.48. The first-order valence-electron chi connectivity index (χ1n) is 7.35. The Morgan fingerprint density at radius 2 is 1.85 bits per heavy atom. The number of hydrogen-bond acceptors (Lipinski definition) is 3. The van der Waals surface area contributed by atoms with Gasteiger partial charge in [0.2, 0.25) is 0 Å². The predicted octanol–water partition coefficient (Wildman–Crippen LogP) is 2.74. The summed E-state index contributed by atoms with van der Waals surface area (Å²) >= 11 is 0. The lowest BCUT2D eigenvalue weighted by Gasteiger charge is -2.26. The van der Waals surface area contributed by atoms with Crippen LogP contribution in [-0.2, 0) is 22.4 Å². The number of benzene rings is 1. The third-order valence-electron chi connectivity index (χ3n) is 4.22. The molecule has 0 aliphatic carbocycles. The molecule has 1 fully saturated rings. The maximum atomic E-state index is 11.8. The fourth-order valence-corrected chi connectivity index (χ4v) is 2.75. The zero-order valence-corrected chi connectivity index (χ0v) is 12.6. The standard InChI is InChI=1S/C17H24O3/c1-12(2)10-13-6-4-5-7-14(13)11-15(18)17(3)8-9-20-16(17)19/h4-7,12,15,18H,8-11H2,1-3H3. The van der Waals surface area contributed by atoms with Crippen molar-refractivity contribution >= 4 is 5.97 Å². The summed E-state index contributed by atoms with van der Waals surface area (Å²) in [5.41, 5.74) is 1.64. The molecule has 1 heterocycles. The second-order valence-corrected chi connectivity index (χ2v) is 6.39. The molecule has 3 nitrogen and oxygen atoms in total. The number of aliphatic hydroxyl groups excluding tert-OH is 1. The largest absolute Gasteiger partial charge is 0.465 e. The zero-order chi connectivity index (χ0) is 14.8. The molecule has 2 atom stereocenters. The fourth-order valence-electron chi connectivity index (χ4n) is 2.75. The average Bonchev–Trinajstić information content (AvgIpc) is 2.73. The zero-order valence-electron chi connectivity index (χ0n) is 12.6. The molecule has 0 bridgehead atoms. The highest BCUT2D eigenvalue weighted by atomic mass is 16.5. The van der Waals surface area contributed by atoms with E-state index in [1.165, 1.54) is 5.56 Å². The van der Waals surface area contributed by atoms with Crippen molar-refractivity contribution in [1.82, 2.24) is 0 Å². The maximum Gasteiger partial charge on any atom is 0.314 e. The van der Waals surface area contributed by atoms with Gasteiger partial charge < -0.3 is 9.84 Å². The molecule has 0 amide bonds. The number of ether oxygens (including phenoxy) is 1. The monoisotopic (exact) mass is 276 g/mol. The van der Waals surface area contributed by atoms with E-state index in [1.54, 1.807) is 6.92 Å². The number of cyclic esters (lactones) is 1. The summed E-state index contributed by atoms with van der Waals surface area (Å²) < 4.78 is 5.02. The van der Waals surface area contributed by atoms with E-state index < -0.39 is 11.5 Å². The number of hydrogen-bond donors (Lipinski definition) is 1. The van der Waals surface area contributed by atoms with Gasteiger partial charge in [-0.25, -0.2) is 0 Å². The Morgan fingerprint density at radius 3 is 2.35 bits per heavy atom. The van der Waals surface area contributed by atoms with Gasteiger partial charge in [-0.1, -0.05) is 38.1 Å². The minimum Gasteiger partial charge on any atom is -0.465 e. The highest BCUT2D eigenvalue weighted by Gasteiger charge is 2.46. The van der Waals surface area contributed by atoms with Crippen molar-refractivity contribution in [2.24, 2.45) is 11.3 Å². The number of rotatable bonds is 5. The Morgan fingerprint density at radius 1 is 1.25 bits per heavy atom. The SMILES string of the molecule is CC(C)Cc1ccccc1CC(O)C1(C)CCOC1=O. The van der Waals surface area contributed by atoms with E-state index in [2.05, 4.69) is 19.9 Å². The first kappa shape index (κ1) is 15.0. The van der Waals surface area contributed by atoms with Crippen LogP contribution >= 0.6 is 0 Å². The summed E-state index contributed by atoms with van der Waals surface area (Å²) in [4.78, 5) is 11.8. The molecule has 20 heavy (non-hydrogen) atoms. The lowest BCUT2D eigenvalue weighted by Crippen LogP contribution is -2.38. The molecule has 2 rings (SSSR count). The maximum absolute atomic E-state index is 11.8. The van der Waals surface area contributed by atoms with Gasteiger partial charge in [0.15, 0.2) is 0 Å². The van der Waals surface area contributed by atoms with Gasteiger partial charge in [0, 0.05) is 0 Å². The van der Waals surface area contributed by atoms with Crippen LogP contribution in [0.2, 0.25) is 0 Å². The van der Waals surface area contributed by atoms with Gasteiger partial charge in [-0.05, 0) is 43.2 Å². The molecule has 1 N–H and O–H groups in total. The number of carbonyl (C=O) groups is 1. The normalized spacial score (nSPS) is 23.9. The predicted molar refractivity (Wildman–Crippen MR) is 78.4 cm³/mol. The molecule has 2 unspecified atom stereocenters. The molecule has 1 aliphatic rings. The first-order chi connectivity index (χ1) is 9.43. The first-order valence-corrected chi connectivity index (χ1v) is 7.35. The van der Waals surface area contributed by atoms with Gasteiger partial charge in [0.1, 0.15) is 0 Å². The summed E-state index contributed by atoms with van der Waals surface area (Å²) in [7, 11) is 0. The van der Waals surface area contributed by atoms with Gasteiger partial charge in [0.25, 0.3) is 0 Å². The molecule has 0 aromatic heterocycles. The Labute approximate surface area is 121 Å². The van der Waals surface area contributed by atoms with Crippen LogP contribution in [0.15, 0.2) is 24.3 Å². The van der Waals surface area contributed by atoms with Crippen molar-refractivity contribution in [1.29, 1.82) is 0 Å². The summed E-state index contributed by atoms with van der Waals surface area (Å²) in [6.45, 7) is 6.59. The number of carbonyl (C=O) groups excluding carboxylic acids is 1. The van der Waals surface area contributed by atoms with E-state index in [0.29, 0.717) is 25.4 Å². The quantitative estimate of drug-likeness (QED) is 0.841. The Hall–Kier alpha value is -1.35. The number of aliphatic hydroxyl groups is 1. The van der Waals surface area contributed by atoms with Crippen molar-refractivity contribution in [3.8, 4) is 0 Å². The Bertz CT molecular complexity index is 481. The molecule has 0 saturated carbocycles. The van der Waals surface area contributed by atoms with Crippen molar-refractivity contribution in [3.05, 3.63) is 35.4 Å². The molecule has 1 aromatic rings. The molecule has 0 radical (unpaired) electrons. The van der Waals surface area contributed by atoms with Crippen molar-refractivity contribution in [3.63, 3.8) is 0 Å². The molecule has 1 aromatic carbocycles.